The normalized spacial score (nSPS) is 12.5. The highest BCUT2D eigenvalue weighted by Crippen LogP contribution is 2.34. The van der Waals surface area contributed by atoms with Crippen LogP contribution in [0.25, 0.3) is 11.4 Å². The van der Waals surface area contributed by atoms with E-state index in [1.807, 2.05) is 48.4 Å². The molecular weight excluding hydrogens is 372 g/mol. The van der Waals surface area contributed by atoms with Gasteiger partial charge in [0, 0.05) is 17.6 Å². The minimum atomic E-state index is -0.124. The number of imidazole rings is 1. The molecule has 1 aliphatic rings. The molecule has 0 unspecified atom stereocenters. The molecule has 1 aromatic carbocycles. The van der Waals surface area contributed by atoms with Gasteiger partial charge in [0.1, 0.15) is 18.2 Å². The Bertz CT molecular complexity index is 837. The second kappa shape index (κ2) is 6.39. The Morgan fingerprint density at radius 3 is 2.88 bits per heavy atom. The molecule has 24 heavy (non-hydrogen) atoms. The van der Waals surface area contributed by atoms with Crippen molar-refractivity contribution in [3.05, 3.63) is 34.6 Å². The van der Waals surface area contributed by atoms with E-state index in [-0.39, 0.29) is 5.91 Å². The van der Waals surface area contributed by atoms with E-state index in [1.165, 1.54) is 0 Å². The fourth-order valence-corrected chi connectivity index (χ4v) is 2.92. The molecule has 2 aromatic rings. The van der Waals surface area contributed by atoms with Crippen molar-refractivity contribution in [3.8, 4) is 17.1 Å². The topological polar surface area (TPSA) is 50.4 Å². The van der Waals surface area contributed by atoms with Crippen molar-refractivity contribution in [2.45, 2.75) is 13.5 Å². The molecular formula is C17H20BrN4O2+. The van der Waals surface area contributed by atoms with E-state index in [9.17, 15) is 4.79 Å². The van der Waals surface area contributed by atoms with Crippen LogP contribution in [0.15, 0.2) is 28.9 Å². The van der Waals surface area contributed by atoms with E-state index >= 15 is 0 Å². The van der Waals surface area contributed by atoms with Gasteiger partial charge in [-0.2, -0.15) is 4.90 Å². The van der Waals surface area contributed by atoms with Gasteiger partial charge in [0.2, 0.25) is 0 Å². The average Bonchev–Trinajstić information content (AvgIpc) is 2.89. The third kappa shape index (κ3) is 2.96. The van der Waals surface area contributed by atoms with Crippen LogP contribution in [0.1, 0.15) is 17.4 Å². The standard InChI is InChI=1S/C17H20BrN4O2/c1-11(20(2)3)21(4)17(23)14-10-22-7-8-24-15-9-12(18)5-6-13(15)16(22)19-14/h5-6,9-10H,7-8H2,1-4H3/q+1. The quantitative estimate of drug-likeness (QED) is 0.426. The molecule has 7 heteroatoms. The molecule has 0 bridgehead atoms. The smallest absolute Gasteiger partial charge is 0.360 e. The molecule has 0 saturated heterocycles. The summed E-state index contributed by atoms with van der Waals surface area (Å²) >= 11 is 3.46. The van der Waals surface area contributed by atoms with Gasteiger partial charge >= 0.3 is 5.91 Å². The molecule has 0 atom stereocenters. The molecule has 0 aliphatic carbocycles. The van der Waals surface area contributed by atoms with Crippen molar-refractivity contribution in [2.75, 3.05) is 27.7 Å². The first-order valence-electron chi connectivity index (χ1n) is 7.67. The molecule has 1 amide bonds. The highest BCUT2D eigenvalue weighted by atomic mass is 79.9. The molecule has 3 rings (SSSR count). The predicted molar refractivity (Wildman–Crippen MR) is 95.7 cm³/mol. The van der Waals surface area contributed by atoms with Crippen molar-refractivity contribution in [1.29, 1.82) is 0 Å². The number of amides is 1. The number of carbonyl (C=O) groups excluding carboxylic acids is 1. The highest BCUT2D eigenvalue weighted by molar-refractivity contribution is 9.10. The molecule has 0 N–H and O–H groups in total. The summed E-state index contributed by atoms with van der Waals surface area (Å²) in [5.41, 5.74) is 1.33. The van der Waals surface area contributed by atoms with Gasteiger partial charge in [-0.25, -0.2) is 9.78 Å². The summed E-state index contributed by atoms with van der Waals surface area (Å²) in [7, 11) is 5.58. The number of benzene rings is 1. The summed E-state index contributed by atoms with van der Waals surface area (Å²) in [6.07, 6.45) is 1.80. The fourth-order valence-electron chi connectivity index (χ4n) is 2.58. The summed E-state index contributed by atoms with van der Waals surface area (Å²) in [6.45, 7) is 3.10. The number of nitrogens with zero attached hydrogens (tertiary/aromatic N) is 4. The van der Waals surface area contributed by atoms with Crippen LogP contribution in [0.2, 0.25) is 0 Å². The number of ether oxygens (including phenoxy) is 1. The first-order valence-corrected chi connectivity index (χ1v) is 8.46. The lowest BCUT2D eigenvalue weighted by molar-refractivity contribution is -0.469. The Balaban J connectivity index is 2.02. The van der Waals surface area contributed by atoms with Crippen molar-refractivity contribution in [3.63, 3.8) is 0 Å². The molecule has 126 valence electrons. The van der Waals surface area contributed by atoms with Crippen LogP contribution in [0, 0.1) is 0 Å². The third-order valence-corrected chi connectivity index (χ3v) is 4.70. The van der Waals surface area contributed by atoms with Gasteiger partial charge in [-0.1, -0.05) is 15.9 Å². The lowest BCUT2D eigenvalue weighted by Gasteiger charge is -2.09. The van der Waals surface area contributed by atoms with Crippen molar-refractivity contribution in [2.24, 2.45) is 0 Å². The average molecular weight is 392 g/mol. The van der Waals surface area contributed by atoms with E-state index in [4.69, 9.17) is 4.74 Å². The monoisotopic (exact) mass is 391 g/mol. The third-order valence-electron chi connectivity index (χ3n) is 4.21. The van der Waals surface area contributed by atoms with E-state index in [1.54, 1.807) is 18.1 Å². The summed E-state index contributed by atoms with van der Waals surface area (Å²) in [5, 5.41) is 0. The van der Waals surface area contributed by atoms with Crippen LogP contribution in [-0.4, -0.2) is 58.5 Å². The summed E-state index contributed by atoms with van der Waals surface area (Å²) in [6, 6.07) is 5.83. The van der Waals surface area contributed by atoms with Crippen LogP contribution in [-0.2, 0) is 6.54 Å². The molecule has 0 radical (unpaired) electrons. The van der Waals surface area contributed by atoms with E-state index in [2.05, 4.69) is 20.9 Å². The Kier molecular flexibility index (Phi) is 4.45. The van der Waals surface area contributed by atoms with Crippen LogP contribution in [0.4, 0.5) is 0 Å². The predicted octanol–water partition coefficient (Wildman–Crippen LogP) is 2.47. The summed E-state index contributed by atoms with van der Waals surface area (Å²) < 4.78 is 10.6. The van der Waals surface area contributed by atoms with Gasteiger partial charge in [-0.3, -0.25) is 4.58 Å². The number of halogens is 1. The van der Waals surface area contributed by atoms with Gasteiger partial charge in [0.05, 0.1) is 33.3 Å². The van der Waals surface area contributed by atoms with Crippen molar-refractivity contribution in [1.82, 2.24) is 14.5 Å². The number of aromatic nitrogens is 2. The van der Waals surface area contributed by atoms with Crippen molar-refractivity contribution >= 4 is 27.7 Å². The first kappa shape index (κ1) is 16.7. The molecule has 2 heterocycles. The molecule has 0 saturated carbocycles. The zero-order valence-corrected chi connectivity index (χ0v) is 15.8. The molecule has 1 aromatic heterocycles. The number of hydrogen-bond donors (Lipinski definition) is 0. The SMILES string of the molecule is CC(N(C)C(=O)c1cn2c(n1)-c1ccc(Br)cc1OCC2)=[N+](C)C. The van der Waals surface area contributed by atoms with Crippen LogP contribution in [0.3, 0.4) is 0 Å². The lowest BCUT2D eigenvalue weighted by Crippen LogP contribution is -2.36. The minimum Gasteiger partial charge on any atom is -0.491 e. The van der Waals surface area contributed by atoms with Crippen molar-refractivity contribution < 1.29 is 14.1 Å². The number of carbonyl (C=O) groups is 1. The molecule has 0 fully saturated rings. The van der Waals surface area contributed by atoms with E-state index in [0.717, 1.165) is 27.4 Å². The van der Waals surface area contributed by atoms with Gasteiger partial charge < -0.3 is 9.30 Å². The molecule has 0 spiro atoms. The van der Waals surface area contributed by atoms with Gasteiger partial charge in [-0.15, -0.1) is 0 Å². The van der Waals surface area contributed by atoms with Gasteiger partial charge in [-0.05, 0) is 18.2 Å². The maximum Gasteiger partial charge on any atom is 0.360 e. The minimum absolute atomic E-state index is 0.124. The number of fused-ring (bicyclic) bond motifs is 3. The summed E-state index contributed by atoms with van der Waals surface area (Å²) in [5.74, 6) is 2.27. The Labute approximate surface area is 149 Å². The maximum atomic E-state index is 12.7. The summed E-state index contributed by atoms with van der Waals surface area (Å²) in [4.78, 5) is 18.9. The number of amidine groups is 1. The first-order chi connectivity index (χ1) is 11.4. The van der Waals surface area contributed by atoms with Gasteiger partial charge in [0.15, 0.2) is 5.69 Å². The largest absolute Gasteiger partial charge is 0.491 e. The zero-order chi connectivity index (χ0) is 17.4. The number of hydrogen-bond acceptors (Lipinski definition) is 3. The van der Waals surface area contributed by atoms with E-state index in [0.29, 0.717) is 18.8 Å². The maximum absolute atomic E-state index is 12.7. The fraction of sp³-hybridized carbons (Fsp3) is 0.353. The van der Waals surface area contributed by atoms with Gasteiger partial charge in [0.25, 0.3) is 5.84 Å². The van der Waals surface area contributed by atoms with E-state index < -0.39 is 0 Å². The second-order valence-electron chi connectivity index (χ2n) is 5.94. The van der Waals surface area contributed by atoms with Crippen LogP contribution >= 0.6 is 15.9 Å². The highest BCUT2D eigenvalue weighted by Gasteiger charge is 2.27. The Morgan fingerprint density at radius 1 is 1.42 bits per heavy atom. The zero-order valence-electron chi connectivity index (χ0n) is 14.2. The van der Waals surface area contributed by atoms with Crippen LogP contribution in [0.5, 0.6) is 5.75 Å². The van der Waals surface area contributed by atoms with Crippen LogP contribution < -0.4 is 4.74 Å². The molecule has 1 aliphatic heterocycles. The second-order valence-corrected chi connectivity index (χ2v) is 6.85. The Morgan fingerprint density at radius 2 is 2.17 bits per heavy atom. The molecule has 6 nitrogen and oxygen atoms in total. The Hall–Kier alpha value is -2.15. The number of rotatable bonds is 1. The lowest BCUT2D eigenvalue weighted by atomic mass is 10.2.